The van der Waals surface area contributed by atoms with E-state index in [0.29, 0.717) is 5.92 Å². The minimum atomic E-state index is -0.558. The summed E-state index contributed by atoms with van der Waals surface area (Å²) in [6.45, 7) is 6.12. The van der Waals surface area contributed by atoms with Gasteiger partial charge in [0.15, 0.2) is 0 Å². The molecule has 7 nitrogen and oxygen atoms in total. The lowest BCUT2D eigenvalue weighted by Gasteiger charge is -2.22. The lowest BCUT2D eigenvalue weighted by molar-refractivity contribution is -0.121. The van der Waals surface area contributed by atoms with Crippen molar-refractivity contribution in [1.82, 2.24) is 15.3 Å². The van der Waals surface area contributed by atoms with Crippen LogP contribution in [0.1, 0.15) is 85.5 Å². The standard InChI is InChI=1S/C31H38N4O3/c1-4-38-31(37)33-29(26-13-9-6-10-14-26)20-30(36)34-32-21-27-19-22(2)35(23(27)3)28-17-15-25(16-18-28)24-11-7-5-8-12-24/h6,9-10,13-19,21,24,29H,4-5,7-8,11-12,20H2,1-3H3,(H,33,37)(H,34,36)/b32-21-/t29-/m0/s1. The van der Waals surface area contributed by atoms with Crippen molar-refractivity contribution in [2.24, 2.45) is 5.10 Å². The van der Waals surface area contributed by atoms with Gasteiger partial charge in [-0.25, -0.2) is 10.2 Å². The van der Waals surface area contributed by atoms with Crippen molar-refractivity contribution < 1.29 is 14.3 Å². The van der Waals surface area contributed by atoms with E-state index < -0.39 is 12.1 Å². The molecule has 2 aromatic carbocycles. The van der Waals surface area contributed by atoms with E-state index in [1.165, 1.54) is 37.7 Å². The Balaban J connectivity index is 1.40. The maximum Gasteiger partial charge on any atom is 0.407 e. The zero-order chi connectivity index (χ0) is 26.9. The lowest BCUT2D eigenvalue weighted by Crippen LogP contribution is -2.33. The van der Waals surface area contributed by atoms with E-state index in [-0.39, 0.29) is 18.9 Å². The third-order valence-electron chi connectivity index (χ3n) is 7.25. The maximum atomic E-state index is 12.7. The number of aryl methyl sites for hydroxylation is 1. The Morgan fingerprint density at radius 3 is 2.45 bits per heavy atom. The molecule has 4 rings (SSSR count). The number of hydrogen-bond donors (Lipinski definition) is 2. The summed E-state index contributed by atoms with van der Waals surface area (Å²) < 4.78 is 7.21. The van der Waals surface area contributed by atoms with Crippen LogP contribution in [0.2, 0.25) is 0 Å². The molecule has 0 saturated heterocycles. The number of nitrogens with one attached hydrogen (secondary N) is 2. The number of carbonyl (C=O) groups is 2. The number of benzene rings is 2. The van der Waals surface area contributed by atoms with Gasteiger partial charge in [-0.2, -0.15) is 5.10 Å². The number of alkyl carbamates (subject to hydrolysis) is 1. The van der Waals surface area contributed by atoms with E-state index in [9.17, 15) is 9.59 Å². The van der Waals surface area contributed by atoms with Crippen LogP contribution in [0, 0.1) is 13.8 Å². The highest BCUT2D eigenvalue weighted by Crippen LogP contribution is 2.33. The number of hydrazone groups is 1. The van der Waals surface area contributed by atoms with Gasteiger partial charge in [-0.1, -0.05) is 61.7 Å². The van der Waals surface area contributed by atoms with E-state index in [2.05, 4.69) is 64.6 Å². The van der Waals surface area contributed by atoms with Gasteiger partial charge in [0.2, 0.25) is 5.91 Å². The molecule has 1 saturated carbocycles. The normalized spacial score (nSPS) is 14.8. The Bertz CT molecular complexity index is 1240. The average Bonchev–Trinajstić information content (AvgIpc) is 3.22. The van der Waals surface area contributed by atoms with Crippen LogP contribution in [-0.2, 0) is 9.53 Å². The van der Waals surface area contributed by atoms with Gasteiger partial charge in [-0.15, -0.1) is 0 Å². The largest absolute Gasteiger partial charge is 0.450 e. The van der Waals surface area contributed by atoms with Crippen LogP contribution in [0.15, 0.2) is 65.8 Å². The molecule has 1 aromatic heterocycles. The van der Waals surface area contributed by atoms with Gasteiger partial charge in [0, 0.05) is 22.6 Å². The summed E-state index contributed by atoms with van der Waals surface area (Å²) >= 11 is 0. The number of rotatable bonds is 9. The molecule has 1 fully saturated rings. The highest BCUT2D eigenvalue weighted by Gasteiger charge is 2.19. The number of nitrogens with zero attached hydrogens (tertiary/aromatic N) is 2. The summed E-state index contributed by atoms with van der Waals surface area (Å²) in [5.41, 5.74) is 9.07. The van der Waals surface area contributed by atoms with Crippen molar-refractivity contribution in [2.75, 3.05) is 6.61 Å². The molecular formula is C31H38N4O3. The quantitative estimate of drug-likeness (QED) is 0.254. The molecule has 2 amide bonds. The zero-order valence-electron chi connectivity index (χ0n) is 22.6. The Hall–Kier alpha value is -3.87. The molecule has 2 N–H and O–H groups in total. The highest BCUT2D eigenvalue weighted by atomic mass is 16.5. The molecule has 0 radical (unpaired) electrons. The molecule has 1 aliphatic carbocycles. The summed E-state index contributed by atoms with van der Waals surface area (Å²) in [5.74, 6) is 0.379. The minimum absolute atomic E-state index is 0.0343. The van der Waals surface area contributed by atoms with Gasteiger partial charge < -0.3 is 14.6 Å². The van der Waals surface area contributed by atoms with Crippen molar-refractivity contribution in [3.05, 3.63) is 88.7 Å². The first-order valence-corrected chi connectivity index (χ1v) is 13.6. The number of ether oxygens (including phenoxy) is 1. The van der Waals surface area contributed by atoms with Gasteiger partial charge in [-0.3, -0.25) is 4.79 Å². The molecule has 0 aliphatic heterocycles. The third-order valence-corrected chi connectivity index (χ3v) is 7.25. The summed E-state index contributed by atoms with van der Waals surface area (Å²) in [7, 11) is 0. The fraction of sp³-hybridized carbons (Fsp3) is 0.387. The Morgan fingerprint density at radius 2 is 1.76 bits per heavy atom. The van der Waals surface area contributed by atoms with Gasteiger partial charge >= 0.3 is 6.09 Å². The molecular weight excluding hydrogens is 476 g/mol. The second-order valence-electron chi connectivity index (χ2n) is 9.91. The van der Waals surface area contributed by atoms with Crippen LogP contribution in [0.3, 0.4) is 0 Å². The number of carbonyl (C=O) groups excluding carboxylic acids is 2. The van der Waals surface area contributed by atoms with Crippen LogP contribution in [0.4, 0.5) is 4.79 Å². The second kappa shape index (κ2) is 13.1. The van der Waals surface area contributed by atoms with E-state index in [0.717, 1.165) is 28.2 Å². The van der Waals surface area contributed by atoms with Gasteiger partial charge in [0.05, 0.1) is 25.3 Å². The van der Waals surface area contributed by atoms with Crippen LogP contribution in [0.5, 0.6) is 0 Å². The zero-order valence-corrected chi connectivity index (χ0v) is 22.6. The van der Waals surface area contributed by atoms with Gasteiger partial charge in [-0.05, 0) is 68.9 Å². The van der Waals surface area contributed by atoms with Crippen LogP contribution in [-0.4, -0.2) is 29.4 Å². The molecule has 0 spiro atoms. The predicted molar refractivity (Wildman–Crippen MR) is 151 cm³/mol. The first kappa shape index (κ1) is 27.2. The van der Waals surface area contributed by atoms with E-state index in [1.807, 2.05) is 30.3 Å². The first-order chi connectivity index (χ1) is 18.5. The minimum Gasteiger partial charge on any atom is -0.450 e. The topological polar surface area (TPSA) is 84.7 Å². The van der Waals surface area contributed by atoms with Crippen molar-refractivity contribution >= 4 is 18.2 Å². The third kappa shape index (κ3) is 6.91. The fourth-order valence-corrected chi connectivity index (χ4v) is 5.30. The van der Waals surface area contributed by atoms with Gasteiger partial charge in [0.1, 0.15) is 0 Å². The van der Waals surface area contributed by atoms with Crippen molar-refractivity contribution in [3.63, 3.8) is 0 Å². The highest BCUT2D eigenvalue weighted by molar-refractivity contribution is 5.84. The second-order valence-corrected chi connectivity index (χ2v) is 9.91. The smallest absolute Gasteiger partial charge is 0.407 e. The van der Waals surface area contributed by atoms with Crippen LogP contribution in [0.25, 0.3) is 5.69 Å². The number of amides is 2. The SMILES string of the molecule is CCOC(=O)N[C@@H](CC(=O)N/N=C\c1cc(C)n(-c2ccc(C3CCCCC3)cc2)c1C)c1ccccc1. The molecule has 7 heteroatoms. The van der Waals surface area contributed by atoms with Crippen molar-refractivity contribution in [2.45, 2.75) is 71.3 Å². The predicted octanol–water partition coefficient (Wildman–Crippen LogP) is 6.47. The Morgan fingerprint density at radius 1 is 1.05 bits per heavy atom. The summed E-state index contributed by atoms with van der Waals surface area (Å²) in [6, 6.07) is 19.8. The monoisotopic (exact) mass is 514 g/mol. The van der Waals surface area contributed by atoms with Crippen LogP contribution < -0.4 is 10.7 Å². The van der Waals surface area contributed by atoms with E-state index in [4.69, 9.17) is 4.74 Å². The van der Waals surface area contributed by atoms with E-state index in [1.54, 1.807) is 13.1 Å². The molecule has 0 bridgehead atoms. The Kier molecular flexibility index (Phi) is 9.35. The van der Waals surface area contributed by atoms with Crippen molar-refractivity contribution in [1.29, 1.82) is 0 Å². The van der Waals surface area contributed by atoms with Crippen molar-refractivity contribution in [3.8, 4) is 5.69 Å². The number of aromatic nitrogens is 1. The fourth-order valence-electron chi connectivity index (χ4n) is 5.30. The molecule has 38 heavy (non-hydrogen) atoms. The molecule has 3 aromatic rings. The molecule has 1 atom stereocenters. The summed E-state index contributed by atoms with van der Waals surface area (Å²) in [5, 5.41) is 6.96. The van der Waals surface area contributed by atoms with Gasteiger partial charge in [0.25, 0.3) is 0 Å². The maximum absolute atomic E-state index is 12.7. The lowest BCUT2D eigenvalue weighted by atomic mass is 9.84. The molecule has 1 aliphatic rings. The Labute approximate surface area is 225 Å². The van der Waals surface area contributed by atoms with E-state index >= 15 is 0 Å². The number of hydrogen-bond acceptors (Lipinski definition) is 4. The summed E-state index contributed by atoms with van der Waals surface area (Å²) in [4.78, 5) is 24.7. The molecule has 1 heterocycles. The van der Waals surface area contributed by atoms with Crippen LogP contribution >= 0.6 is 0 Å². The molecule has 0 unspecified atom stereocenters. The first-order valence-electron chi connectivity index (χ1n) is 13.6. The average molecular weight is 515 g/mol. The summed E-state index contributed by atoms with van der Waals surface area (Å²) in [6.07, 6.45) is 7.75. The molecule has 200 valence electrons.